The number of methoxy groups -OCH3 is 1. The number of amides is 1. The van der Waals surface area contributed by atoms with E-state index in [1.807, 2.05) is 19.1 Å². The molecule has 21 heavy (non-hydrogen) atoms. The van der Waals surface area contributed by atoms with Crippen molar-refractivity contribution < 1.29 is 9.53 Å². The zero-order valence-corrected chi connectivity index (χ0v) is 12.8. The Balaban J connectivity index is 1.83. The highest BCUT2D eigenvalue weighted by Crippen LogP contribution is 2.14. The molecule has 1 unspecified atom stereocenters. The van der Waals surface area contributed by atoms with Crippen molar-refractivity contribution in [1.29, 1.82) is 0 Å². The third kappa shape index (κ3) is 4.12. The summed E-state index contributed by atoms with van der Waals surface area (Å²) in [6.45, 7) is 4.69. The second-order valence-corrected chi connectivity index (χ2v) is 5.38. The van der Waals surface area contributed by atoms with E-state index in [-0.39, 0.29) is 5.91 Å². The number of H-pyrrole nitrogens is 1. The van der Waals surface area contributed by atoms with Gasteiger partial charge in [0.2, 0.25) is 0 Å². The zero-order chi connectivity index (χ0) is 15.2. The van der Waals surface area contributed by atoms with Crippen LogP contribution in [0.1, 0.15) is 28.5 Å². The normalized spacial score (nSPS) is 12.0. The second-order valence-electron chi connectivity index (χ2n) is 5.38. The van der Waals surface area contributed by atoms with Gasteiger partial charge in [-0.25, -0.2) is 0 Å². The zero-order valence-electron chi connectivity index (χ0n) is 12.8. The summed E-state index contributed by atoms with van der Waals surface area (Å²) in [4.78, 5) is 15.0. The monoisotopic (exact) mass is 286 g/mol. The smallest absolute Gasteiger partial charge is 0.253 e. The van der Waals surface area contributed by atoms with E-state index in [0.717, 1.165) is 17.9 Å². The molecule has 2 N–H and O–H groups in total. The molecule has 4 heteroatoms. The van der Waals surface area contributed by atoms with Crippen molar-refractivity contribution in [1.82, 2.24) is 10.3 Å². The van der Waals surface area contributed by atoms with Crippen LogP contribution in [0.15, 0.2) is 36.5 Å². The third-order valence-electron chi connectivity index (χ3n) is 3.55. The average Bonchev–Trinajstić information content (AvgIpc) is 2.92. The SMILES string of the molecule is COc1ccc(CC(C)CNC(=O)c2cc[nH]c2C)cc1. The van der Waals surface area contributed by atoms with E-state index in [0.29, 0.717) is 18.0 Å². The lowest BCUT2D eigenvalue weighted by Crippen LogP contribution is -2.29. The second kappa shape index (κ2) is 6.97. The van der Waals surface area contributed by atoms with Gasteiger partial charge in [0.05, 0.1) is 12.7 Å². The molecule has 0 bridgehead atoms. The third-order valence-corrected chi connectivity index (χ3v) is 3.55. The van der Waals surface area contributed by atoms with Crippen LogP contribution in [0.4, 0.5) is 0 Å². The highest BCUT2D eigenvalue weighted by atomic mass is 16.5. The number of rotatable bonds is 6. The van der Waals surface area contributed by atoms with Gasteiger partial charge in [0, 0.05) is 18.4 Å². The van der Waals surface area contributed by atoms with Gasteiger partial charge in [-0.1, -0.05) is 19.1 Å². The Kier molecular flexibility index (Phi) is 5.04. The van der Waals surface area contributed by atoms with E-state index < -0.39 is 0 Å². The van der Waals surface area contributed by atoms with E-state index >= 15 is 0 Å². The molecule has 4 nitrogen and oxygen atoms in total. The minimum Gasteiger partial charge on any atom is -0.497 e. The molecule has 0 spiro atoms. The molecule has 0 aliphatic rings. The van der Waals surface area contributed by atoms with Gasteiger partial charge in [0.25, 0.3) is 5.91 Å². The van der Waals surface area contributed by atoms with Crippen LogP contribution < -0.4 is 10.1 Å². The lowest BCUT2D eigenvalue weighted by Gasteiger charge is -2.13. The molecule has 1 heterocycles. The van der Waals surface area contributed by atoms with E-state index in [2.05, 4.69) is 29.4 Å². The van der Waals surface area contributed by atoms with Crippen molar-refractivity contribution in [2.45, 2.75) is 20.3 Å². The summed E-state index contributed by atoms with van der Waals surface area (Å²) in [6.07, 6.45) is 2.71. The topological polar surface area (TPSA) is 54.1 Å². The van der Waals surface area contributed by atoms with Crippen LogP contribution in [0.25, 0.3) is 0 Å². The maximum Gasteiger partial charge on any atom is 0.253 e. The predicted octanol–water partition coefficient (Wildman–Crippen LogP) is 2.94. The standard InChI is InChI=1S/C17H22N2O2/c1-12(10-14-4-6-15(21-3)7-5-14)11-19-17(20)16-8-9-18-13(16)2/h4-9,12,18H,10-11H2,1-3H3,(H,19,20). The fourth-order valence-electron chi connectivity index (χ4n) is 2.30. The number of hydrogen-bond donors (Lipinski definition) is 2. The van der Waals surface area contributed by atoms with E-state index in [1.165, 1.54) is 5.56 Å². The van der Waals surface area contributed by atoms with Crippen molar-refractivity contribution in [2.75, 3.05) is 13.7 Å². The van der Waals surface area contributed by atoms with E-state index in [4.69, 9.17) is 4.74 Å². The van der Waals surface area contributed by atoms with E-state index in [9.17, 15) is 4.79 Å². The molecule has 112 valence electrons. The largest absolute Gasteiger partial charge is 0.497 e. The van der Waals surface area contributed by atoms with E-state index in [1.54, 1.807) is 19.4 Å². The van der Waals surface area contributed by atoms with Gasteiger partial charge in [-0.15, -0.1) is 0 Å². The Hall–Kier alpha value is -2.23. The first-order valence-corrected chi connectivity index (χ1v) is 7.15. The first kappa shape index (κ1) is 15.2. The fraction of sp³-hybridized carbons (Fsp3) is 0.353. The molecular weight excluding hydrogens is 264 g/mol. The van der Waals surface area contributed by atoms with Crippen molar-refractivity contribution >= 4 is 5.91 Å². The molecule has 1 aromatic carbocycles. The van der Waals surface area contributed by atoms with Gasteiger partial charge in [0.15, 0.2) is 0 Å². The van der Waals surface area contributed by atoms with Gasteiger partial charge < -0.3 is 15.0 Å². The van der Waals surface area contributed by atoms with Crippen LogP contribution in [-0.2, 0) is 6.42 Å². The Bertz CT molecular complexity index is 587. The number of hydrogen-bond acceptors (Lipinski definition) is 2. The first-order chi connectivity index (χ1) is 10.1. The maximum atomic E-state index is 12.0. The number of benzene rings is 1. The molecule has 1 amide bonds. The Morgan fingerprint density at radius 1 is 1.29 bits per heavy atom. The van der Waals surface area contributed by atoms with Crippen molar-refractivity contribution in [3.05, 3.63) is 53.3 Å². The Morgan fingerprint density at radius 2 is 2.00 bits per heavy atom. The van der Waals surface area contributed by atoms with Gasteiger partial charge in [-0.2, -0.15) is 0 Å². The molecular formula is C17H22N2O2. The minimum atomic E-state index is -0.0182. The van der Waals surface area contributed by atoms with Crippen LogP contribution in [-0.4, -0.2) is 24.5 Å². The van der Waals surface area contributed by atoms with Crippen LogP contribution >= 0.6 is 0 Å². The van der Waals surface area contributed by atoms with Crippen molar-refractivity contribution in [3.63, 3.8) is 0 Å². The molecule has 0 saturated carbocycles. The molecule has 0 fully saturated rings. The molecule has 1 atom stereocenters. The minimum absolute atomic E-state index is 0.0182. The maximum absolute atomic E-state index is 12.0. The Labute approximate surface area is 125 Å². The summed E-state index contributed by atoms with van der Waals surface area (Å²) in [5.74, 6) is 1.22. The summed E-state index contributed by atoms with van der Waals surface area (Å²) in [7, 11) is 1.66. The van der Waals surface area contributed by atoms with Crippen LogP contribution in [0.5, 0.6) is 5.75 Å². The molecule has 2 aromatic rings. The summed E-state index contributed by atoms with van der Waals surface area (Å²) >= 11 is 0. The molecule has 0 saturated heterocycles. The van der Waals surface area contributed by atoms with Crippen molar-refractivity contribution in [2.24, 2.45) is 5.92 Å². The summed E-state index contributed by atoms with van der Waals surface area (Å²) in [6, 6.07) is 9.85. The number of ether oxygens (including phenoxy) is 1. The number of aryl methyl sites for hydroxylation is 1. The van der Waals surface area contributed by atoms with Gasteiger partial charge in [0.1, 0.15) is 5.75 Å². The fourth-order valence-corrected chi connectivity index (χ4v) is 2.30. The van der Waals surface area contributed by atoms with Crippen LogP contribution in [0, 0.1) is 12.8 Å². The lowest BCUT2D eigenvalue weighted by molar-refractivity contribution is 0.0947. The number of carbonyl (C=O) groups excluding carboxylic acids is 1. The van der Waals surface area contributed by atoms with Crippen molar-refractivity contribution in [3.8, 4) is 5.75 Å². The predicted molar refractivity (Wildman–Crippen MR) is 83.7 cm³/mol. The number of nitrogens with one attached hydrogen (secondary N) is 2. The average molecular weight is 286 g/mol. The highest BCUT2D eigenvalue weighted by Gasteiger charge is 2.11. The quantitative estimate of drug-likeness (QED) is 0.858. The van der Waals surface area contributed by atoms with Gasteiger partial charge in [-0.05, 0) is 43.0 Å². The van der Waals surface area contributed by atoms with Gasteiger partial charge in [-0.3, -0.25) is 4.79 Å². The molecule has 0 aliphatic heterocycles. The lowest BCUT2D eigenvalue weighted by atomic mass is 10.0. The molecule has 1 aromatic heterocycles. The molecule has 2 rings (SSSR count). The number of aromatic amines is 1. The van der Waals surface area contributed by atoms with Crippen LogP contribution in [0.2, 0.25) is 0 Å². The number of carbonyl (C=O) groups is 1. The summed E-state index contributed by atoms with van der Waals surface area (Å²) in [5.41, 5.74) is 2.86. The van der Waals surface area contributed by atoms with Gasteiger partial charge >= 0.3 is 0 Å². The first-order valence-electron chi connectivity index (χ1n) is 7.15. The summed E-state index contributed by atoms with van der Waals surface area (Å²) < 4.78 is 5.15. The summed E-state index contributed by atoms with van der Waals surface area (Å²) in [5, 5.41) is 2.98. The molecule has 0 radical (unpaired) electrons. The molecule has 0 aliphatic carbocycles. The highest BCUT2D eigenvalue weighted by molar-refractivity contribution is 5.95. The Morgan fingerprint density at radius 3 is 2.57 bits per heavy atom. The van der Waals surface area contributed by atoms with Crippen LogP contribution in [0.3, 0.4) is 0 Å². The number of aromatic nitrogens is 1.